The summed E-state index contributed by atoms with van der Waals surface area (Å²) in [6.07, 6.45) is -1.83. The van der Waals surface area contributed by atoms with E-state index in [2.05, 4.69) is 10.1 Å². The summed E-state index contributed by atoms with van der Waals surface area (Å²) < 4.78 is 40.6. The van der Waals surface area contributed by atoms with Crippen molar-refractivity contribution in [3.63, 3.8) is 0 Å². The van der Waals surface area contributed by atoms with Gasteiger partial charge in [-0.05, 0) is 36.1 Å². The number of halogens is 4. The second-order valence-corrected chi connectivity index (χ2v) is 5.64. The number of nitrogens with one attached hydrogen (secondary N) is 1. The number of hydrogen-bond donors (Lipinski definition) is 2. The molecule has 3 N–H and O–H groups in total. The Bertz CT molecular complexity index is 472. The van der Waals surface area contributed by atoms with E-state index >= 15 is 0 Å². The Balaban J connectivity index is 0.00000484. The van der Waals surface area contributed by atoms with Crippen LogP contribution in [0.4, 0.5) is 13.2 Å². The maximum atomic E-state index is 12.0. The molecule has 0 unspecified atom stereocenters. The van der Waals surface area contributed by atoms with Crippen molar-refractivity contribution in [2.45, 2.75) is 25.2 Å². The van der Waals surface area contributed by atoms with Gasteiger partial charge in [0.15, 0.2) is 6.61 Å². The number of nitrogens with two attached hydrogens (primary N) is 1. The van der Waals surface area contributed by atoms with Gasteiger partial charge in [-0.1, -0.05) is 12.1 Å². The first-order chi connectivity index (χ1) is 10.3. The molecule has 1 aromatic carbocycles. The van der Waals surface area contributed by atoms with Crippen LogP contribution in [0.5, 0.6) is 5.75 Å². The van der Waals surface area contributed by atoms with Crippen LogP contribution in [0, 0.1) is 0 Å². The molecule has 0 saturated heterocycles. The zero-order chi connectivity index (χ0) is 16.6. The molecular formula is C14H20ClF3N2O2S. The van der Waals surface area contributed by atoms with E-state index in [1.54, 1.807) is 23.9 Å². The summed E-state index contributed by atoms with van der Waals surface area (Å²) in [5.74, 6) is 0.690. The van der Waals surface area contributed by atoms with Gasteiger partial charge in [-0.25, -0.2) is 0 Å². The third-order valence-corrected chi connectivity index (χ3v) is 3.41. The molecule has 0 spiro atoms. The van der Waals surface area contributed by atoms with Crippen molar-refractivity contribution in [2.24, 2.45) is 5.73 Å². The molecule has 1 aromatic rings. The Morgan fingerprint density at radius 2 is 1.96 bits per heavy atom. The number of rotatable bonds is 8. The molecule has 0 bridgehead atoms. The number of carbonyl (C=O) groups is 1. The van der Waals surface area contributed by atoms with Gasteiger partial charge in [0.25, 0.3) is 0 Å². The lowest BCUT2D eigenvalue weighted by atomic mass is 10.2. The first-order valence-corrected chi connectivity index (χ1v) is 8.02. The van der Waals surface area contributed by atoms with Crippen molar-refractivity contribution < 1.29 is 22.7 Å². The minimum absolute atomic E-state index is 0. The van der Waals surface area contributed by atoms with Crippen LogP contribution in [0.1, 0.15) is 12.0 Å². The van der Waals surface area contributed by atoms with E-state index in [9.17, 15) is 18.0 Å². The van der Waals surface area contributed by atoms with Gasteiger partial charge in [0.1, 0.15) is 5.75 Å². The molecule has 4 nitrogen and oxygen atoms in total. The van der Waals surface area contributed by atoms with Crippen LogP contribution >= 0.6 is 24.2 Å². The number of amides is 1. The van der Waals surface area contributed by atoms with Crippen LogP contribution < -0.4 is 15.8 Å². The SMILES string of the molecule is CSCC[C@H](N)C(=O)NCc1ccc(OCC(F)(F)F)cc1.Cl. The Hall–Kier alpha value is -1.12. The number of hydrogen-bond acceptors (Lipinski definition) is 4. The van der Waals surface area contributed by atoms with Crippen LogP contribution in [0.15, 0.2) is 24.3 Å². The van der Waals surface area contributed by atoms with Gasteiger partial charge in [0, 0.05) is 6.54 Å². The predicted molar refractivity (Wildman–Crippen MR) is 88.1 cm³/mol. The second kappa shape index (κ2) is 10.6. The van der Waals surface area contributed by atoms with Crippen molar-refractivity contribution in [1.29, 1.82) is 0 Å². The Morgan fingerprint density at radius 3 is 2.48 bits per heavy atom. The summed E-state index contributed by atoms with van der Waals surface area (Å²) >= 11 is 1.62. The molecule has 1 rings (SSSR count). The third kappa shape index (κ3) is 9.58. The van der Waals surface area contributed by atoms with Gasteiger partial charge in [-0.3, -0.25) is 4.79 Å². The second-order valence-electron chi connectivity index (χ2n) is 4.65. The smallest absolute Gasteiger partial charge is 0.422 e. The molecule has 0 radical (unpaired) electrons. The average Bonchev–Trinajstić information content (AvgIpc) is 2.48. The summed E-state index contributed by atoms with van der Waals surface area (Å²) in [5.41, 5.74) is 6.47. The van der Waals surface area contributed by atoms with Gasteiger partial charge in [0.05, 0.1) is 6.04 Å². The van der Waals surface area contributed by atoms with Crippen LogP contribution in [0.3, 0.4) is 0 Å². The molecule has 132 valence electrons. The average molecular weight is 373 g/mol. The largest absolute Gasteiger partial charge is 0.484 e. The van der Waals surface area contributed by atoms with Gasteiger partial charge in [0.2, 0.25) is 5.91 Å². The van der Waals surface area contributed by atoms with E-state index in [1.165, 1.54) is 12.1 Å². The first kappa shape index (κ1) is 21.9. The predicted octanol–water partition coefficient (Wildman–Crippen LogP) is 2.75. The molecule has 0 aromatic heterocycles. The van der Waals surface area contributed by atoms with Crippen LogP contribution in [0.2, 0.25) is 0 Å². The van der Waals surface area contributed by atoms with E-state index < -0.39 is 18.8 Å². The van der Waals surface area contributed by atoms with E-state index in [4.69, 9.17) is 5.73 Å². The summed E-state index contributed by atoms with van der Waals surface area (Å²) in [6, 6.07) is 5.50. The minimum Gasteiger partial charge on any atom is -0.484 e. The molecule has 23 heavy (non-hydrogen) atoms. The van der Waals surface area contributed by atoms with Gasteiger partial charge in [-0.15, -0.1) is 12.4 Å². The Kier molecular flexibility index (Phi) is 10.1. The zero-order valence-corrected chi connectivity index (χ0v) is 14.2. The zero-order valence-electron chi connectivity index (χ0n) is 12.6. The fourth-order valence-corrected chi connectivity index (χ4v) is 2.05. The van der Waals surface area contributed by atoms with E-state index in [0.29, 0.717) is 6.42 Å². The van der Waals surface area contributed by atoms with E-state index in [0.717, 1.165) is 11.3 Å². The summed E-state index contributed by atoms with van der Waals surface area (Å²) in [5, 5.41) is 2.69. The lowest BCUT2D eigenvalue weighted by Crippen LogP contribution is -2.40. The van der Waals surface area contributed by atoms with E-state index in [-0.39, 0.29) is 30.6 Å². The molecule has 1 amide bonds. The maximum absolute atomic E-state index is 12.0. The summed E-state index contributed by atoms with van der Waals surface area (Å²) in [6.45, 7) is -1.06. The van der Waals surface area contributed by atoms with E-state index in [1.807, 2.05) is 6.26 Å². The molecule has 0 saturated carbocycles. The topological polar surface area (TPSA) is 64.4 Å². The Labute approximate surface area is 143 Å². The first-order valence-electron chi connectivity index (χ1n) is 6.62. The lowest BCUT2D eigenvalue weighted by molar-refractivity contribution is -0.153. The molecule has 0 aliphatic heterocycles. The fraction of sp³-hybridized carbons (Fsp3) is 0.500. The van der Waals surface area contributed by atoms with Gasteiger partial charge < -0.3 is 15.8 Å². The number of alkyl halides is 3. The monoisotopic (exact) mass is 372 g/mol. The highest BCUT2D eigenvalue weighted by atomic mass is 35.5. The standard InChI is InChI=1S/C14H19F3N2O2S.ClH/c1-22-7-6-12(18)13(20)19-8-10-2-4-11(5-3-10)21-9-14(15,16)17;/h2-5,12H,6-9,18H2,1H3,(H,19,20);1H/t12-;/m0./s1. The maximum Gasteiger partial charge on any atom is 0.422 e. The van der Waals surface area contributed by atoms with Gasteiger partial charge >= 0.3 is 6.18 Å². The molecule has 0 aliphatic rings. The number of benzene rings is 1. The molecule has 0 heterocycles. The van der Waals surface area contributed by atoms with Gasteiger partial charge in [-0.2, -0.15) is 24.9 Å². The molecular weight excluding hydrogens is 353 g/mol. The summed E-state index contributed by atoms with van der Waals surface area (Å²) in [4.78, 5) is 11.7. The van der Waals surface area contributed by atoms with Crippen LogP contribution in [-0.4, -0.2) is 36.7 Å². The Morgan fingerprint density at radius 1 is 1.35 bits per heavy atom. The normalized spacial score (nSPS) is 12.2. The van der Waals surface area contributed by atoms with Crippen molar-refractivity contribution in [2.75, 3.05) is 18.6 Å². The molecule has 1 atom stereocenters. The lowest BCUT2D eigenvalue weighted by Gasteiger charge is -2.12. The number of thioether (sulfide) groups is 1. The van der Waals surface area contributed by atoms with Crippen molar-refractivity contribution >= 4 is 30.1 Å². The number of ether oxygens (including phenoxy) is 1. The van der Waals surface area contributed by atoms with Crippen molar-refractivity contribution in [3.05, 3.63) is 29.8 Å². The summed E-state index contributed by atoms with van der Waals surface area (Å²) in [7, 11) is 0. The van der Waals surface area contributed by atoms with Crippen molar-refractivity contribution in [3.8, 4) is 5.75 Å². The minimum atomic E-state index is -4.36. The quantitative estimate of drug-likeness (QED) is 0.736. The number of carbonyl (C=O) groups excluding carboxylic acids is 1. The molecule has 0 fully saturated rings. The van der Waals surface area contributed by atoms with Crippen LogP contribution in [-0.2, 0) is 11.3 Å². The highest BCUT2D eigenvalue weighted by molar-refractivity contribution is 7.98. The third-order valence-electron chi connectivity index (χ3n) is 2.76. The highest BCUT2D eigenvalue weighted by Crippen LogP contribution is 2.18. The molecule has 0 aliphatic carbocycles. The fourth-order valence-electron chi connectivity index (χ4n) is 1.56. The molecule has 9 heteroatoms. The highest BCUT2D eigenvalue weighted by Gasteiger charge is 2.28. The van der Waals surface area contributed by atoms with Crippen LogP contribution in [0.25, 0.3) is 0 Å². The van der Waals surface area contributed by atoms with Crippen molar-refractivity contribution in [1.82, 2.24) is 5.32 Å².